The lowest BCUT2D eigenvalue weighted by Gasteiger charge is -2.31. The van der Waals surface area contributed by atoms with Gasteiger partial charge in [-0.15, -0.1) is 0 Å². The van der Waals surface area contributed by atoms with E-state index in [1.807, 2.05) is 48.5 Å². The minimum Gasteiger partial charge on any atom is -0.497 e. The van der Waals surface area contributed by atoms with Gasteiger partial charge in [-0.1, -0.05) is 30.3 Å². The lowest BCUT2D eigenvalue weighted by Crippen LogP contribution is -2.39. The van der Waals surface area contributed by atoms with Crippen LogP contribution in [0.1, 0.15) is 24.2 Å². The van der Waals surface area contributed by atoms with Crippen molar-refractivity contribution < 1.29 is 9.53 Å². The first-order chi connectivity index (χ1) is 15.2. The number of nitrogens with zero attached hydrogens (tertiary/aromatic N) is 3. The summed E-state index contributed by atoms with van der Waals surface area (Å²) < 4.78 is 9.83. The molecule has 1 aliphatic heterocycles. The van der Waals surface area contributed by atoms with E-state index in [0.29, 0.717) is 18.9 Å². The van der Waals surface area contributed by atoms with Gasteiger partial charge in [0.15, 0.2) is 0 Å². The normalized spacial score (nSPS) is 14.3. The van der Waals surface area contributed by atoms with Gasteiger partial charge >= 0.3 is 6.03 Å². The molecule has 0 spiro atoms. The Bertz CT molecular complexity index is 986. The van der Waals surface area contributed by atoms with Gasteiger partial charge < -0.3 is 20.3 Å². The maximum atomic E-state index is 12.1. The zero-order valence-corrected chi connectivity index (χ0v) is 18.4. The molecule has 0 atom stereocenters. The predicted octanol–water partition coefficient (Wildman–Crippen LogP) is 4.18. The third kappa shape index (κ3) is 5.95. The average molecular weight is 438 g/mol. The molecule has 1 saturated heterocycles. The van der Waals surface area contributed by atoms with E-state index in [-0.39, 0.29) is 6.03 Å². The second-order valence-electron chi connectivity index (χ2n) is 7.65. The van der Waals surface area contributed by atoms with E-state index < -0.39 is 0 Å². The van der Waals surface area contributed by atoms with Gasteiger partial charge in [-0.3, -0.25) is 0 Å². The number of methoxy groups -OCH3 is 1. The van der Waals surface area contributed by atoms with Crippen molar-refractivity contribution >= 4 is 28.4 Å². The Morgan fingerprint density at radius 1 is 1.16 bits per heavy atom. The summed E-state index contributed by atoms with van der Waals surface area (Å²) in [4.78, 5) is 19.1. The lowest BCUT2D eigenvalue weighted by molar-refractivity contribution is 0.248. The number of benzene rings is 2. The number of amides is 2. The van der Waals surface area contributed by atoms with Crippen LogP contribution in [0.15, 0.2) is 54.6 Å². The zero-order chi connectivity index (χ0) is 21.5. The summed E-state index contributed by atoms with van der Waals surface area (Å²) in [5.74, 6) is 2.16. The average Bonchev–Trinajstić information content (AvgIpc) is 3.27. The maximum absolute atomic E-state index is 12.1. The summed E-state index contributed by atoms with van der Waals surface area (Å²) in [6.45, 7) is 2.55. The van der Waals surface area contributed by atoms with E-state index in [2.05, 4.69) is 26.0 Å². The van der Waals surface area contributed by atoms with Crippen LogP contribution in [0.3, 0.4) is 0 Å². The zero-order valence-electron chi connectivity index (χ0n) is 17.6. The predicted molar refractivity (Wildman–Crippen MR) is 124 cm³/mol. The number of nitrogens with one attached hydrogen (secondary N) is 2. The van der Waals surface area contributed by atoms with Crippen LogP contribution < -0.4 is 20.3 Å². The third-order valence-electron chi connectivity index (χ3n) is 5.42. The van der Waals surface area contributed by atoms with Crippen LogP contribution in [0, 0.1) is 5.92 Å². The molecule has 3 aromatic rings. The fraction of sp³-hybridized carbons (Fsp3) is 0.348. The van der Waals surface area contributed by atoms with Gasteiger partial charge in [-0.2, -0.15) is 4.37 Å². The van der Waals surface area contributed by atoms with Crippen molar-refractivity contribution in [1.29, 1.82) is 0 Å². The number of piperidine rings is 1. The molecule has 0 unspecified atom stereocenters. The minimum atomic E-state index is -0.153. The molecule has 1 fully saturated rings. The second kappa shape index (κ2) is 10.3. The van der Waals surface area contributed by atoms with Crippen LogP contribution in [0.4, 0.5) is 15.6 Å². The molecule has 2 amide bonds. The quantitative estimate of drug-likeness (QED) is 0.580. The number of aromatic nitrogens is 2. The molecule has 2 heterocycles. The Balaban J connectivity index is 1.22. The number of para-hydroxylation sites is 1. The fourth-order valence-electron chi connectivity index (χ4n) is 3.67. The number of urea groups is 1. The largest absolute Gasteiger partial charge is 0.497 e. The Labute approximate surface area is 186 Å². The van der Waals surface area contributed by atoms with E-state index in [0.717, 1.165) is 53.9 Å². The highest BCUT2D eigenvalue weighted by atomic mass is 32.1. The smallest absolute Gasteiger partial charge is 0.319 e. The molecule has 7 nitrogen and oxygen atoms in total. The second-order valence-corrected chi connectivity index (χ2v) is 8.38. The summed E-state index contributed by atoms with van der Waals surface area (Å²) in [6, 6.07) is 17.3. The molecule has 0 aliphatic carbocycles. The molecule has 0 radical (unpaired) electrons. The van der Waals surface area contributed by atoms with Crippen LogP contribution in [0.2, 0.25) is 0 Å². The van der Waals surface area contributed by atoms with E-state index in [9.17, 15) is 4.79 Å². The summed E-state index contributed by atoms with van der Waals surface area (Å²) >= 11 is 1.46. The van der Waals surface area contributed by atoms with Gasteiger partial charge in [0.25, 0.3) is 0 Å². The van der Waals surface area contributed by atoms with Crippen molar-refractivity contribution in [3.63, 3.8) is 0 Å². The Morgan fingerprint density at radius 2 is 1.97 bits per heavy atom. The first-order valence-corrected chi connectivity index (χ1v) is 11.3. The van der Waals surface area contributed by atoms with Gasteiger partial charge in [-0.25, -0.2) is 9.78 Å². The van der Waals surface area contributed by atoms with Gasteiger partial charge in [0.1, 0.15) is 11.6 Å². The van der Waals surface area contributed by atoms with E-state index in [4.69, 9.17) is 9.72 Å². The van der Waals surface area contributed by atoms with Crippen molar-refractivity contribution in [2.75, 3.05) is 37.0 Å². The van der Waals surface area contributed by atoms with Gasteiger partial charge in [0.05, 0.1) is 7.11 Å². The molecule has 2 aromatic carbocycles. The number of rotatable bonds is 7. The summed E-state index contributed by atoms with van der Waals surface area (Å²) in [5, 5.41) is 6.83. The van der Waals surface area contributed by atoms with Crippen LogP contribution in [0.25, 0.3) is 0 Å². The van der Waals surface area contributed by atoms with Crippen LogP contribution >= 0.6 is 11.5 Å². The van der Waals surface area contributed by atoms with Gasteiger partial charge in [-0.05, 0) is 48.6 Å². The summed E-state index contributed by atoms with van der Waals surface area (Å²) in [6.07, 6.45) is 2.75. The minimum absolute atomic E-state index is 0.153. The highest BCUT2D eigenvalue weighted by Gasteiger charge is 2.22. The molecule has 4 rings (SSSR count). The Morgan fingerprint density at radius 3 is 2.74 bits per heavy atom. The number of anilines is 2. The fourth-order valence-corrected chi connectivity index (χ4v) is 4.41. The highest BCUT2D eigenvalue weighted by molar-refractivity contribution is 7.09. The summed E-state index contributed by atoms with van der Waals surface area (Å²) in [7, 11) is 1.67. The standard InChI is InChI=1S/C23H27N5O2S/c1-30-20-9-5-6-18(14-20)15-21-26-23(31-27-21)28-12-10-17(11-13-28)16-24-22(29)25-19-7-3-2-4-8-19/h2-9,14,17H,10-13,15-16H2,1H3,(H2,24,25,29). The maximum Gasteiger partial charge on any atom is 0.319 e. The molecule has 1 aromatic heterocycles. The highest BCUT2D eigenvalue weighted by Crippen LogP contribution is 2.25. The van der Waals surface area contributed by atoms with Crippen LogP contribution in [-0.4, -0.2) is 42.1 Å². The molecule has 8 heteroatoms. The summed E-state index contributed by atoms with van der Waals surface area (Å²) in [5.41, 5.74) is 1.94. The number of hydrogen-bond acceptors (Lipinski definition) is 6. The van der Waals surface area contributed by atoms with Gasteiger partial charge in [0.2, 0.25) is 5.13 Å². The molecular weight excluding hydrogens is 410 g/mol. The number of hydrogen-bond donors (Lipinski definition) is 2. The number of carbonyl (C=O) groups is 1. The van der Waals surface area contributed by atoms with Crippen molar-refractivity contribution in [1.82, 2.24) is 14.7 Å². The van der Waals surface area contributed by atoms with Crippen molar-refractivity contribution in [3.8, 4) is 5.75 Å². The molecule has 2 N–H and O–H groups in total. The molecule has 0 bridgehead atoms. The van der Waals surface area contributed by atoms with E-state index in [1.165, 1.54) is 11.5 Å². The molecule has 31 heavy (non-hydrogen) atoms. The topological polar surface area (TPSA) is 79.4 Å². The molecule has 162 valence electrons. The Hall–Kier alpha value is -3.13. The molecular formula is C23H27N5O2S. The Kier molecular flexibility index (Phi) is 6.99. The van der Waals surface area contributed by atoms with Crippen LogP contribution in [0.5, 0.6) is 5.75 Å². The first kappa shape index (κ1) is 21.1. The van der Waals surface area contributed by atoms with E-state index >= 15 is 0 Å². The van der Waals surface area contributed by atoms with Crippen molar-refractivity contribution in [2.24, 2.45) is 5.92 Å². The number of carbonyl (C=O) groups excluding carboxylic acids is 1. The van der Waals surface area contributed by atoms with Crippen molar-refractivity contribution in [3.05, 3.63) is 66.0 Å². The van der Waals surface area contributed by atoms with Crippen LogP contribution in [-0.2, 0) is 6.42 Å². The first-order valence-electron chi connectivity index (χ1n) is 10.5. The molecule has 0 saturated carbocycles. The van der Waals surface area contributed by atoms with Gasteiger partial charge in [0, 0.05) is 43.3 Å². The number of ether oxygens (including phenoxy) is 1. The third-order valence-corrected chi connectivity index (χ3v) is 6.24. The van der Waals surface area contributed by atoms with E-state index in [1.54, 1.807) is 7.11 Å². The molecule has 1 aliphatic rings. The SMILES string of the molecule is COc1cccc(Cc2nsc(N3CCC(CNC(=O)Nc4ccccc4)CC3)n2)c1. The van der Waals surface area contributed by atoms with Crippen molar-refractivity contribution in [2.45, 2.75) is 19.3 Å². The monoisotopic (exact) mass is 437 g/mol. The lowest BCUT2D eigenvalue weighted by atomic mass is 9.97.